The highest BCUT2D eigenvalue weighted by Gasteiger charge is 2.33. The molecule has 1 aliphatic carbocycles. The summed E-state index contributed by atoms with van der Waals surface area (Å²) in [6.45, 7) is 1.84. The number of likely N-dealkylation sites (N-methyl/N-ethyl adjacent to an activating group) is 1. The average Bonchev–Trinajstić information content (AvgIpc) is 2.16. The largest absolute Gasteiger partial charge is 0.378 e. The van der Waals surface area contributed by atoms with Crippen molar-refractivity contribution in [1.29, 1.82) is 0 Å². The van der Waals surface area contributed by atoms with Gasteiger partial charge in [0.05, 0.1) is 19.3 Å². The quantitative estimate of drug-likeness (QED) is 0.661. The molecule has 0 aromatic carbocycles. The first kappa shape index (κ1) is 11.1. The Morgan fingerprint density at radius 3 is 2.60 bits per heavy atom. The Balaban J connectivity index is 1.96. The van der Waals surface area contributed by atoms with Gasteiger partial charge < -0.3 is 9.73 Å². The first-order chi connectivity index (χ1) is 7.33. The van der Waals surface area contributed by atoms with E-state index in [-0.39, 0.29) is 0 Å². The van der Waals surface area contributed by atoms with E-state index in [9.17, 15) is 0 Å². The summed E-state index contributed by atoms with van der Waals surface area (Å²) in [6.07, 6.45) is 7.52. The van der Waals surface area contributed by atoms with Crippen molar-refractivity contribution in [1.82, 2.24) is 4.90 Å². The maximum Gasteiger partial charge on any atom is 0.0645 e. The van der Waals surface area contributed by atoms with Crippen LogP contribution in [0.2, 0.25) is 0 Å². The lowest BCUT2D eigenvalue weighted by atomic mass is 9.83. The molecule has 0 spiro atoms. The van der Waals surface area contributed by atoms with Gasteiger partial charge in [0, 0.05) is 25.2 Å². The van der Waals surface area contributed by atoms with Crippen molar-refractivity contribution in [3.63, 3.8) is 0 Å². The minimum Gasteiger partial charge on any atom is -0.378 e. The van der Waals surface area contributed by atoms with E-state index < -0.39 is 0 Å². The van der Waals surface area contributed by atoms with E-state index >= 15 is 0 Å². The van der Waals surface area contributed by atoms with Crippen molar-refractivity contribution >= 4 is 6.21 Å². The van der Waals surface area contributed by atoms with Crippen LogP contribution in [0, 0.1) is 5.92 Å². The smallest absolute Gasteiger partial charge is 0.0645 e. The van der Waals surface area contributed by atoms with E-state index in [2.05, 4.69) is 23.2 Å². The third kappa shape index (κ3) is 2.40. The summed E-state index contributed by atoms with van der Waals surface area (Å²) in [7, 11) is 4.14. The molecule has 2 aliphatic rings. The molecular formula is C12H22N2O. The molecule has 0 amide bonds. The molecule has 1 aliphatic heterocycles. The SMILES string of the molecule is C/N=C/C1CCCC[C@@H]1N(C)C1COC1. The second kappa shape index (κ2) is 5.08. The molecule has 86 valence electrons. The third-order valence-corrected chi connectivity index (χ3v) is 3.84. The minimum absolute atomic E-state index is 0.654. The van der Waals surface area contributed by atoms with Crippen LogP contribution >= 0.6 is 0 Å². The number of ether oxygens (including phenoxy) is 1. The highest BCUT2D eigenvalue weighted by Crippen LogP contribution is 2.29. The minimum atomic E-state index is 0.654. The first-order valence-corrected chi connectivity index (χ1v) is 6.05. The predicted octanol–water partition coefficient (Wildman–Crippen LogP) is 1.58. The zero-order valence-corrected chi connectivity index (χ0v) is 9.85. The van der Waals surface area contributed by atoms with Crippen LogP contribution in [0.3, 0.4) is 0 Å². The first-order valence-electron chi connectivity index (χ1n) is 6.05. The Kier molecular flexibility index (Phi) is 3.76. The van der Waals surface area contributed by atoms with Gasteiger partial charge in [-0.2, -0.15) is 0 Å². The van der Waals surface area contributed by atoms with E-state index in [0.29, 0.717) is 18.0 Å². The fraction of sp³-hybridized carbons (Fsp3) is 0.917. The van der Waals surface area contributed by atoms with Crippen LogP contribution in [-0.2, 0) is 4.74 Å². The topological polar surface area (TPSA) is 24.8 Å². The van der Waals surface area contributed by atoms with Crippen LogP contribution in [0.1, 0.15) is 25.7 Å². The fourth-order valence-electron chi connectivity index (χ4n) is 2.74. The Morgan fingerprint density at radius 2 is 2.00 bits per heavy atom. The van der Waals surface area contributed by atoms with Crippen molar-refractivity contribution in [3.8, 4) is 0 Å². The summed E-state index contributed by atoms with van der Waals surface area (Å²) in [5, 5.41) is 0. The summed E-state index contributed by atoms with van der Waals surface area (Å²) in [6, 6.07) is 1.34. The van der Waals surface area contributed by atoms with Crippen molar-refractivity contribution < 1.29 is 4.74 Å². The lowest BCUT2D eigenvalue weighted by Crippen LogP contribution is -2.54. The second-order valence-corrected chi connectivity index (χ2v) is 4.78. The zero-order valence-electron chi connectivity index (χ0n) is 9.85. The Hall–Kier alpha value is -0.410. The molecule has 1 saturated carbocycles. The molecule has 0 aromatic heterocycles. The molecule has 0 radical (unpaired) electrons. The maximum absolute atomic E-state index is 5.27. The van der Waals surface area contributed by atoms with Crippen LogP contribution in [0.15, 0.2) is 4.99 Å². The van der Waals surface area contributed by atoms with Gasteiger partial charge in [-0.1, -0.05) is 12.8 Å². The van der Waals surface area contributed by atoms with E-state index in [4.69, 9.17) is 4.74 Å². The van der Waals surface area contributed by atoms with E-state index in [1.165, 1.54) is 25.7 Å². The van der Waals surface area contributed by atoms with Crippen molar-refractivity contribution in [2.45, 2.75) is 37.8 Å². The molecular weight excluding hydrogens is 188 g/mol. The standard InChI is InChI=1S/C12H22N2O/c1-13-7-10-5-3-4-6-12(10)14(2)11-8-15-9-11/h7,10-12H,3-6,8-9H2,1-2H3/b13-7+/t10?,12-/m0/s1. The number of aliphatic imine (C=N–C) groups is 1. The summed E-state index contributed by atoms with van der Waals surface area (Å²) in [5.41, 5.74) is 0. The van der Waals surface area contributed by atoms with Gasteiger partial charge in [-0.05, 0) is 19.9 Å². The lowest BCUT2D eigenvalue weighted by Gasteiger charge is -2.43. The molecule has 0 N–H and O–H groups in total. The molecule has 2 fully saturated rings. The molecule has 2 atom stereocenters. The molecule has 0 aromatic rings. The van der Waals surface area contributed by atoms with Crippen molar-refractivity contribution in [2.75, 3.05) is 27.3 Å². The van der Waals surface area contributed by atoms with Gasteiger partial charge in [0.25, 0.3) is 0 Å². The normalized spacial score (nSPS) is 33.5. The molecule has 1 heterocycles. The van der Waals surface area contributed by atoms with Gasteiger partial charge >= 0.3 is 0 Å². The maximum atomic E-state index is 5.27. The second-order valence-electron chi connectivity index (χ2n) is 4.78. The monoisotopic (exact) mass is 210 g/mol. The Morgan fingerprint density at radius 1 is 1.27 bits per heavy atom. The Bertz CT molecular complexity index is 226. The fourth-order valence-corrected chi connectivity index (χ4v) is 2.74. The number of nitrogens with zero attached hydrogens (tertiary/aromatic N) is 2. The molecule has 2 rings (SSSR count). The number of hydrogen-bond acceptors (Lipinski definition) is 3. The van der Waals surface area contributed by atoms with Crippen molar-refractivity contribution in [3.05, 3.63) is 0 Å². The van der Waals surface area contributed by atoms with E-state index in [0.717, 1.165) is 13.2 Å². The Labute approximate surface area is 92.5 Å². The van der Waals surface area contributed by atoms with E-state index in [1.807, 2.05) is 7.05 Å². The lowest BCUT2D eigenvalue weighted by molar-refractivity contribution is -0.0769. The van der Waals surface area contributed by atoms with Crippen LogP contribution in [0.5, 0.6) is 0 Å². The van der Waals surface area contributed by atoms with Gasteiger partial charge in [-0.25, -0.2) is 0 Å². The van der Waals surface area contributed by atoms with Gasteiger partial charge in [-0.3, -0.25) is 4.90 Å². The molecule has 3 nitrogen and oxygen atoms in total. The van der Waals surface area contributed by atoms with Crippen LogP contribution in [0.4, 0.5) is 0 Å². The molecule has 3 heteroatoms. The van der Waals surface area contributed by atoms with Gasteiger partial charge in [0.2, 0.25) is 0 Å². The summed E-state index contributed by atoms with van der Waals surface area (Å²) < 4.78 is 5.27. The highest BCUT2D eigenvalue weighted by molar-refractivity contribution is 5.61. The van der Waals surface area contributed by atoms with Crippen molar-refractivity contribution in [2.24, 2.45) is 10.9 Å². The molecule has 1 unspecified atom stereocenters. The summed E-state index contributed by atoms with van der Waals surface area (Å²) >= 11 is 0. The number of rotatable bonds is 3. The van der Waals surface area contributed by atoms with Crippen LogP contribution in [0.25, 0.3) is 0 Å². The zero-order chi connectivity index (χ0) is 10.7. The molecule has 0 bridgehead atoms. The van der Waals surface area contributed by atoms with Gasteiger partial charge in [0.1, 0.15) is 0 Å². The molecule has 15 heavy (non-hydrogen) atoms. The summed E-state index contributed by atoms with van der Waals surface area (Å²) in [5.74, 6) is 0.661. The van der Waals surface area contributed by atoms with Gasteiger partial charge in [0.15, 0.2) is 0 Å². The van der Waals surface area contributed by atoms with Gasteiger partial charge in [-0.15, -0.1) is 0 Å². The van der Waals surface area contributed by atoms with Crippen LogP contribution in [-0.4, -0.2) is 50.5 Å². The van der Waals surface area contributed by atoms with E-state index in [1.54, 1.807) is 0 Å². The molecule has 1 saturated heterocycles. The third-order valence-electron chi connectivity index (χ3n) is 3.84. The average molecular weight is 210 g/mol. The highest BCUT2D eigenvalue weighted by atomic mass is 16.5. The number of hydrogen-bond donors (Lipinski definition) is 0. The predicted molar refractivity (Wildman–Crippen MR) is 62.5 cm³/mol. The van der Waals surface area contributed by atoms with Crippen LogP contribution < -0.4 is 0 Å². The summed E-state index contributed by atoms with van der Waals surface area (Å²) in [4.78, 5) is 6.74.